The van der Waals surface area contributed by atoms with Crippen LogP contribution in [0.25, 0.3) is 0 Å². The van der Waals surface area contributed by atoms with Crippen molar-refractivity contribution in [2.24, 2.45) is 0 Å². The molecule has 0 saturated carbocycles. The molecule has 0 bridgehead atoms. The second-order valence-electron chi connectivity index (χ2n) is 3.50. The van der Waals surface area contributed by atoms with Gasteiger partial charge in [0.05, 0.1) is 17.4 Å². The van der Waals surface area contributed by atoms with Gasteiger partial charge < -0.3 is 5.32 Å². The second kappa shape index (κ2) is 5.22. The molecule has 2 rings (SSSR count). The van der Waals surface area contributed by atoms with Gasteiger partial charge in [-0.15, -0.1) is 0 Å². The van der Waals surface area contributed by atoms with Gasteiger partial charge in [-0.2, -0.15) is 18.2 Å². The molecule has 1 aromatic carbocycles. The molecule has 19 heavy (non-hydrogen) atoms. The van der Waals surface area contributed by atoms with Crippen molar-refractivity contribution in [1.29, 1.82) is 0 Å². The molecule has 0 atom stereocenters. The Labute approximate surface area is 116 Å². The highest BCUT2D eigenvalue weighted by Crippen LogP contribution is 2.36. The van der Waals surface area contributed by atoms with Crippen LogP contribution in [0, 0.1) is 0 Å². The van der Waals surface area contributed by atoms with Crippen LogP contribution in [-0.4, -0.2) is 9.97 Å². The van der Waals surface area contributed by atoms with Gasteiger partial charge in [-0.3, -0.25) is 0 Å². The van der Waals surface area contributed by atoms with E-state index in [1.165, 1.54) is 24.4 Å². The highest BCUT2D eigenvalue weighted by molar-refractivity contribution is 6.33. The average Bonchev–Trinajstić information content (AvgIpc) is 2.33. The number of para-hydroxylation sites is 1. The molecule has 1 aromatic heterocycles. The molecule has 100 valence electrons. The first-order valence-electron chi connectivity index (χ1n) is 4.99. The quantitative estimate of drug-likeness (QED) is 0.827. The van der Waals surface area contributed by atoms with E-state index in [1.807, 2.05) is 0 Å². The molecule has 1 N–H and O–H groups in total. The molecular formula is C11H6Cl2F3N3. The van der Waals surface area contributed by atoms with Gasteiger partial charge in [0.1, 0.15) is 5.02 Å². The van der Waals surface area contributed by atoms with Crippen molar-refractivity contribution in [3.8, 4) is 0 Å². The smallest absolute Gasteiger partial charge is 0.338 e. The van der Waals surface area contributed by atoms with Gasteiger partial charge in [-0.1, -0.05) is 23.7 Å². The zero-order valence-corrected chi connectivity index (χ0v) is 10.7. The number of anilines is 2. The fourth-order valence-corrected chi connectivity index (χ4v) is 1.67. The summed E-state index contributed by atoms with van der Waals surface area (Å²) in [5, 5.41) is 2.46. The number of benzene rings is 1. The first-order valence-corrected chi connectivity index (χ1v) is 5.75. The molecule has 0 radical (unpaired) electrons. The van der Waals surface area contributed by atoms with Crippen LogP contribution in [0.1, 0.15) is 5.56 Å². The van der Waals surface area contributed by atoms with Crippen molar-refractivity contribution in [2.75, 3.05) is 5.32 Å². The van der Waals surface area contributed by atoms with Gasteiger partial charge in [0.2, 0.25) is 5.28 Å². The number of halogens is 5. The minimum absolute atomic E-state index is 0.0124. The topological polar surface area (TPSA) is 37.8 Å². The summed E-state index contributed by atoms with van der Waals surface area (Å²) in [7, 11) is 0. The highest BCUT2D eigenvalue weighted by Gasteiger charge is 2.33. The zero-order chi connectivity index (χ0) is 14.0. The SMILES string of the molecule is FC(F)(F)c1ccccc1Nc1nc(Cl)ncc1Cl. The molecule has 2 aromatic rings. The summed E-state index contributed by atoms with van der Waals surface area (Å²) in [5.74, 6) is 0.0124. The summed E-state index contributed by atoms with van der Waals surface area (Å²) in [6.45, 7) is 0. The Kier molecular flexibility index (Phi) is 3.82. The van der Waals surface area contributed by atoms with Gasteiger partial charge in [0.25, 0.3) is 0 Å². The summed E-state index contributed by atoms with van der Waals surface area (Å²) >= 11 is 11.4. The minimum atomic E-state index is -4.48. The first kappa shape index (κ1) is 13.9. The Bertz CT molecular complexity index is 602. The summed E-state index contributed by atoms with van der Waals surface area (Å²) in [4.78, 5) is 7.35. The Morgan fingerprint density at radius 2 is 1.79 bits per heavy atom. The Morgan fingerprint density at radius 3 is 2.47 bits per heavy atom. The summed E-state index contributed by atoms with van der Waals surface area (Å²) < 4.78 is 38.4. The molecule has 8 heteroatoms. The van der Waals surface area contributed by atoms with Crippen LogP contribution in [0.2, 0.25) is 10.3 Å². The van der Waals surface area contributed by atoms with Gasteiger partial charge in [0, 0.05) is 0 Å². The molecule has 0 unspecified atom stereocenters. The zero-order valence-electron chi connectivity index (χ0n) is 9.17. The van der Waals surface area contributed by atoms with Crippen LogP contribution in [-0.2, 0) is 6.18 Å². The van der Waals surface area contributed by atoms with Crippen molar-refractivity contribution in [3.63, 3.8) is 0 Å². The lowest BCUT2D eigenvalue weighted by Gasteiger charge is -2.14. The lowest BCUT2D eigenvalue weighted by atomic mass is 10.1. The van der Waals surface area contributed by atoms with Gasteiger partial charge in [-0.05, 0) is 23.7 Å². The predicted octanol–water partition coefficient (Wildman–Crippen LogP) is 4.55. The maximum Gasteiger partial charge on any atom is 0.418 e. The van der Waals surface area contributed by atoms with Gasteiger partial charge in [-0.25, -0.2) is 4.98 Å². The highest BCUT2D eigenvalue weighted by atomic mass is 35.5. The predicted molar refractivity (Wildman–Crippen MR) is 66.8 cm³/mol. The number of hydrogen-bond donors (Lipinski definition) is 1. The third-order valence-electron chi connectivity index (χ3n) is 2.20. The maximum atomic E-state index is 12.8. The Morgan fingerprint density at radius 1 is 1.11 bits per heavy atom. The number of nitrogens with one attached hydrogen (secondary N) is 1. The largest absolute Gasteiger partial charge is 0.418 e. The van der Waals surface area contributed by atoms with Crippen LogP contribution in [0.5, 0.6) is 0 Å². The van der Waals surface area contributed by atoms with E-state index in [9.17, 15) is 13.2 Å². The summed E-state index contributed by atoms with van der Waals surface area (Å²) in [5.41, 5.74) is -0.979. The molecule has 0 amide bonds. The van der Waals surface area contributed by atoms with E-state index in [4.69, 9.17) is 23.2 Å². The Hall–Kier alpha value is -1.53. The lowest BCUT2D eigenvalue weighted by molar-refractivity contribution is -0.136. The molecule has 0 fully saturated rings. The number of aromatic nitrogens is 2. The van der Waals surface area contributed by atoms with Crippen molar-refractivity contribution in [1.82, 2.24) is 9.97 Å². The van der Waals surface area contributed by atoms with E-state index >= 15 is 0 Å². The van der Waals surface area contributed by atoms with E-state index in [-0.39, 0.29) is 21.8 Å². The fourth-order valence-electron chi connectivity index (χ4n) is 1.40. The molecule has 0 spiro atoms. The van der Waals surface area contributed by atoms with E-state index < -0.39 is 11.7 Å². The van der Waals surface area contributed by atoms with E-state index in [0.717, 1.165) is 6.07 Å². The standard InChI is InChI=1S/C11H6Cl2F3N3/c12-7-5-17-10(13)19-9(7)18-8-4-2-1-3-6(8)11(14,15)16/h1-5H,(H,17,18,19). The minimum Gasteiger partial charge on any atom is -0.338 e. The molecule has 0 aliphatic carbocycles. The molecule has 0 aliphatic heterocycles. The number of nitrogens with zero attached hydrogens (tertiary/aromatic N) is 2. The third kappa shape index (κ3) is 3.27. The molecule has 0 saturated heterocycles. The van der Waals surface area contributed by atoms with Crippen molar-refractivity contribution < 1.29 is 13.2 Å². The maximum absolute atomic E-state index is 12.8. The van der Waals surface area contributed by atoms with Crippen LogP contribution in [0.3, 0.4) is 0 Å². The van der Waals surface area contributed by atoms with E-state index in [2.05, 4.69) is 15.3 Å². The van der Waals surface area contributed by atoms with Crippen molar-refractivity contribution in [3.05, 3.63) is 46.3 Å². The first-order chi connectivity index (χ1) is 8.88. The molecular weight excluding hydrogens is 302 g/mol. The van der Waals surface area contributed by atoms with Crippen molar-refractivity contribution in [2.45, 2.75) is 6.18 Å². The number of hydrogen-bond acceptors (Lipinski definition) is 3. The van der Waals surface area contributed by atoms with Crippen LogP contribution < -0.4 is 5.32 Å². The van der Waals surface area contributed by atoms with Gasteiger partial charge in [0.15, 0.2) is 5.82 Å². The summed E-state index contributed by atoms with van der Waals surface area (Å²) in [6.07, 6.45) is -3.28. The molecule has 1 heterocycles. The monoisotopic (exact) mass is 307 g/mol. The summed E-state index contributed by atoms with van der Waals surface area (Å²) in [6, 6.07) is 4.99. The average molecular weight is 308 g/mol. The van der Waals surface area contributed by atoms with Crippen LogP contribution in [0.4, 0.5) is 24.7 Å². The normalized spacial score (nSPS) is 11.4. The number of alkyl halides is 3. The molecule has 3 nitrogen and oxygen atoms in total. The van der Waals surface area contributed by atoms with E-state index in [0.29, 0.717) is 0 Å². The van der Waals surface area contributed by atoms with Crippen molar-refractivity contribution >= 4 is 34.7 Å². The molecule has 0 aliphatic rings. The van der Waals surface area contributed by atoms with Crippen LogP contribution in [0.15, 0.2) is 30.5 Å². The lowest BCUT2D eigenvalue weighted by Crippen LogP contribution is -2.09. The van der Waals surface area contributed by atoms with Gasteiger partial charge >= 0.3 is 6.18 Å². The fraction of sp³-hybridized carbons (Fsp3) is 0.0909. The van der Waals surface area contributed by atoms with Crippen LogP contribution >= 0.6 is 23.2 Å². The van der Waals surface area contributed by atoms with E-state index in [1.54, 1.807) is 0 Å². The third-order valence-corrected chi connectivity index (χ3v) is 2.66. The number of rotatable bonds is 2. The Balaban J connectivity index is 2.41. The second-order valence-corrected chi connectivity index (χ2v) is 4.25.